The molecule has 1 heterocycles. The van der Waals surface area contributed by atoms with Crippen LogP contribution in [0.2, 0.25) is 5.02 Å². The molecule has 3 rings (SSSR count). The zero-order chi connectivity index (χ0) is 17.8. The average Bonchev–Trinajstić information content (AvgIpc) is 2.91. The minimum Gasteiger partial charge on any atom is -0.485 e. The van der Waals surface area contributed by atoms with Crippen LogP contribution in [-0.2, 0) is 11.2 Å². The number of hydrogen-bond donors (Lipinski definition) is 1. The summed E-state index contributed by atoms with van der Waals surface area (Å²) in [6.07, 6.45) is 0.459. The molecule has 1 fully saturated rings. The Morgan fingerprint density at radius 1 is 1.12 bits per heavy atom. The average molecular weight is 376 g/mol. The number of carbonyl (C=O) groups excluding carboxylic acids is 3. The fourth-order valence-electron chi connectivity index (χ4n) is 2.38. The van der Waals surface area contributed by atoms with E-state index < -0.39 is 5.25 Å². The molecule has 0 unspecified atom stereocenters. The van der Waals surface area contributed by atoms with Gasteiger partial charge in [-0.1, -0.05) is 47.6 Å². The molecule has 2 aromatic carbocycles. The van der Waals surface area contributed by atoms with Crippen molar-refractivity contribution in [1.29, 1.82) is 0 Å². The predicted octanol–water partition coefficient (Wildman–Crippen LogP) is 3.50. The first-order valence-corrected chi connectivity index (χ1v) is 8.79. The monoisotopic (exact) mass is 375 g/mol. The lowest BCUT2D eigenvalue weighted by molar-refractivity contribution is -0.118. The molecular weight excluding hydrogens is 362 g/mol. The fraction of sp³-hybridized carbons (Fsp3) is 0.167. The van der Waals surface area contributed by atoms with Gasteiger partial charge in [-0.2, -0.15) is 0 Å². The summed E-state index contributed by atoms with van der Waals surface area (Å²) >= 11 is 6.99. The molecule has 1 aliphatic heterocycles. The highest BCUT2D eigenvalue weighted by Crippen LogP contribution is 2.24. The summed E-state index contributed by atoms with van der Waals surface area (Å²) in [5.41, 5.74) is 1.34. The van der Waals surface area contributed by atoms with Crippen molar-refractivity contribution in [3.8, 4) is 5.75 Å². The summed E-state index contributed by atoms with van der Waals surface area (Å²) in [4.78, 5) is 34.9. The molecule has 1 saturated heterocycles. The topological polar surface area (TPSA) is 72.5 Å². The van der Waals surface area contributed by atoms with E-state index in [4.69, 9.17) is 16.3 Å². The van der Waals surface area contributed by atoms with Crippen molar-refractivity contribution in [3.05, 3.63) is 64.7 Å². The molecule has 1 aliphatic rings. The Labute approximate surface area is 153 Å². The van der Waals surface area contributed by atoms with Crippen molar-refractivity contribution >= 4 is 40.3 Å². The molecule has 0 saturated carbocycles. The molecule has 0 aromatic heterocycles. The van der Waals surface area contributed by atoms with E-state index in [1.807, 2.05) is 12.1 Å². The van der Waals surface area contributed by atoms with E-state index in [9.17, 15) is 14.4 Å². The van der Waals surface area contributed by atoms with Gasteiger partial charge in [-0.05, 0) is 36.2 Å². The van der Waals surface area contributed by atoms with Gasteiger partial charge in [0.25, 0.3) is 5.24 Å². The second kappa shape index (κ2) is 7.72. The summed E-state index contributed by atoms with van der Waals surface area (Å²) in [7, 11) is 0. The third-order valence-corrected chi connectivity index (χ3v) is 4.97. The summed E-state index contributed by atoms with van der Waals surface area (Å²) in [5.74, 6) is 0.0802. The summed E-state index contributed by atoms with van der Waals surface area (Å²) in [6.45, 7) is -0.113. The molecule has 1 atom stereocenters. The number of Topliss-reactive ketones (excluding diaryl/α,β-unsaturated/α-hetero) is 1. The molecule has 1 N–H and O–H groups in total. The Morgan fingerprint density at radius 3 is 2.48 bits per heavy atom. The van der Waals surface area contributed by atoms with Gasteiger partial charge >= 0.3 is 0 Å². The summed E-state index contributed by atoms with van der Waals surface area (Å²) in [6, 6.07) is 13.9. The number of imide groups is 1. The van der Waals surface area contributed by atoms with Crippen molar-refractivity contribution in [3.63, 3.8) is 0 Å². The highest BCUT2D eigenvalue weighted by atomic mass is 35.5. The maximum Gasteiger partial charge on any atom is 0.286 e. The zero-order valence-corrected chi connectivity index (χ0v) is 14.6. The molecule has 128 valence electrons. The van der Waals surface area contributed by atoms with Crippen molar-refractivity contribution in [1.82, 2.24) is 5.32 Å². The fourth-order valence-corrected chi connectivity index (χ4v) is 3.48. The molecule has 2 amide bonds. The van der Waals surface area contributed by atoms with E-state index in [1.54, 1.807) is 36.4 Å². The van der Waals surface area contributed by atoms with E-state index in [0.29, 0.717) is 22.8 Å². The zero-order valence-electron chi connectivity index (χ0n) is 13.0. The maximum atomic E-state index is 12.1. The largest absolute Gasteiger partial charge is 0.485 e. The lowest BCUT2D eigenvalue weighted by atomic mass is 10.1. The lowest BCUT2D eigenvalue weighted by Gasteiger charge is -2.09. The van der Waals surface area contributed by atoms with Crippen LogP contribution in [0, 0.1) is 0 Å². The number of ketones is 1. The van der Waals surface area contributed by atoms with Gasteiger partial charge in [-0.15, -0.1) is 0 Å². The third-order valence-electron chi connectivity index (χ3n) is 3.66. The number of ether oxygens (including phenoxy) is 1. The molecule has 0 radical (unpaired) electrons. The van der Waals surface area contributed by atoms with Crippen molar-refractivity contribution in [2.45, 2.75) is 11.7 Å². The van der Waals surface area contributed by atoms with E-state index in [2.05, 4.69) is 5.32 Å². The van der Waals surface area contributed by atoms with Crippen LogP contribution in [0.1, 0.15) is 15.9 Å². The Balaban J connectivity index is 1.56. The standard InChI is InChI=1S/C18H14ClNO4S/c19-14-4-2-1-3-13(14)15(21)10-24-12-7-5-11(6-8-12)9-16-17(22)20-18(23)25-16/h1-8,16H,9-10H2,(H,20,22,23)/t16-/m0/s1. The molecule has 2 aromatic rings. The van der Waals surface area contributed by atoms with Gasteiger partial charge in [0.2, 0.25) is 11.7 Å². The molecular formula is C18H14ClNO4S. The van der Waals surface area contributed by atoms with E-state index in [1.165, 1.54) is 0 Å². The second-order valence-corrected chi connectivity index (χ2v) is 7.01. The number of benzene rings is 2. The van der Waals surface area contributed by atoms with Crippen LogP contribution in [0.15, 0.2) is 48.5 Å². The van der Waals surface area contributed by atoms with Gasteiger partial charge in [-0.3, -0.25) is 19.7 Å². The van der Waals surface area contributed by atoms with Crippen LogP contribution in [0.25, 0.3) is 0 Å². The maximum absolute atomic E-state index is 12.1. The molecule has 5 nitrogen and oxygen atoms in total. The number of thioether (sulfide) groups is 1. The smallest absolute Gasteiger partial charge is 0.286 e. The SMILES string of the molecule is O=C1NC(=O)[C@H](Cc2ccc(OCC(=O)c3ccccc3Cl)cc2)S1. The number of halogens is 1. The van der Waals surface area contributed by atoms with E-state index in [0.717, 1.165) is 17.3 Å². The molecule has 25 heavy (non-hydrogen) atoms. The molecule has 0 aliphatic carbocycles. The van der Waals surface area contributed by atoms with Gasteiger partial charge in [0.1, 0.15) is 5.75 Å². The van der Waals surface area contributed by atoms with Gasteiger partial charge < -0.3 is 4.74 Å². The van der Waals surface area contributed by atoms with Gasteiger partial charge in [0.15, 0.2) is 6.61 Å². The minimum atomic E-state index is -0.402. The number of carbonyl (C=O) groups is 3. The Kier molecular flexibility index (Phi) is 5.40. The van der Waals surface area contributed by atoms with Gasteiger partial charge in [-0.25, -0.2) is 0 Å². The Bertz CT molecular complexity index is 822. The lowest BCUT2D eigenvalue weighted by Crippen LogP contribution is -2.25. The second-order valence-electron chi connectivity index (χ2n) is 5.42. The van der Waals surface area contributed by atoms with Crippen LogP contribution in [0.5, 0.6) is 5.75 Å². The number of amides is 2. The van der Waals surface area contributed by atoms with E-state index in [-0.39, 0.29) is 23.5 Å². The quantitative estimate of drug-likeness (QED) is 0.782. The van der Waals surface area contributed by atoms with Crippen molar-refractivity contribution in [2.75, 3.05) is 6.61 Å². The summed E-state index contributed by atoms with van der Waals surface area (Å²) in [5, 5.41) is 1.95. The third kappa shape index (κ3) is 4.41. The first-order chi connectivity index (χ1) is 12.0. The van der Waals surface area contributed by atoms with Crippen LogP contribution in [-0.4, -0.2) is 28.8 Å². The Morgan fingerprint density at radius 2 is 1.84 bits per heavy atom. The first kappa shape index (κ1) is 17.5. The van der Waals surface area contributed by atoms with Crippen molar-refractivity contribution < 1.29 is 19.1 Å². The van der Waals surface area contributed by atoms with Crippen LogP contribution in [0.3, 0.4) is 0 Å². The van der Waals surface area contributed by atoms with Gasteiger partial charge in [0, 0.05) is 5.56 Å². The molecule has 0 spiro atoms. The normalized spacial score (nSPS) is 16.6. The predicted molar refractivity (Wildman–Crippen MR) is 96.3 cm³/mol. The summed E-state index contributed by atoms with van der Waals surface area (Å²) < 4.78 is 5.49. The van der Waals surface area contributed by atoms with Gasteiger partial charge in [0.05, 0.1) is 10.3 Å². The van der Waals surface area contributed by atoms with Crippen LogP contribution >= 0.6 is 23.4 Å². The van der Waals surface area contributed by atoms with E-state index >= 15 is 0 Å². The van der Waals surface area contributed by atoms with Crippen LogP contribution in [0.4, 0.5) is 4.79 Å². The molecule has 0 bridgehead atoms. The first-order valence-electron chi connectivity index (χ1n) is 7.54. The number of nitrogens with one attached hydrogen (secondary N) is 1. The number of hydrogen-bond acceptors (Lipinski definition) is 5. The minimum absolute atomic E-state index is 0.113. The highest BCUT2D eigenvalue weighted by molar-refractivity contribution is 8.15. The van der Waals surface area contributed by atoms with Crippen molar-refractivity contribution in [2.24, 2.45) is 0 Å². The molecule has 7 heteroatoms. The number of rotatable bonds is 6. The van der Waals surface area contributed by atoms with Crippen LogP contribution < -0.4 is 10.1 Å². The Hall–Kier alpha value is -2.31. The highest BCUT2D eigenvalue weighted by Gasteiger charge is 2.31.